The first-order valence-corrected chi connectivity index (χ1v) is 5.88. The van der Waals surface area contributed by atoms with Crippen molar-refractivity contribution in [2.45, 2.75) is 25.2 Å². The van der Waals surface area contributed by atoms with Crippen LogP contribution in [0.4, 0.5) is 5.69 Å². The van der Waals surface area contributed by atoms with Crippen molar-refractivity contribution in [2.24, 2.45) is 5.16 Å². The summed E-state index contributed by atoms with van der Waals surface area (Å²) in [6.07, 6.45) is -1.00. The molecule has 0 heterocycles. The number of hydrogen-bond acceptors (Lipinski definition) is 7. The van der Waals surface area contributed by atoms with Gasteiger partial charge in [0.15, 0.2) is 0 Å². The van der Waals surface area contributed by atoms with Gasteiger partial charge >= 0.3 is 0 Å². The van der Waals surface area contributed by atoms with Crippen molar-refractivity contribution in [3.63, 3.8) is 0 Å². The molecule has 110 valence electrons. The maximum atomic E-state index is 10.4. The topological polar surface area (TPSA) is 125 Å². The summed E-state index contributed by atoms with van der Waals surface area (Å²) in [5.41, 5.74) is 0.710. The normalized spacial score (nSPS) is 14.2. The number of benzene rings is 1. The molecule has 0 bridgehead atoms. The Hall–Kier alpha value is -2.03. The lowest BCUT2D eigenvalue weighted by molar-refractivity contribution is -0.384. The van der Waals surface area contributed by atoms with Gasteiger partial charge in [-0.25, -0.2) is 0 Å². The van der Waals surface area contributed by atoms with E-state index in [1.165, 1.54) is 18.3 Å². The van der Waals surface area contributed by atoms with Crippen molar-refractivity contribution in [3.8, 4) is 0 Å². The first-order chi connectivity index (χ1) is 9.54. The van der Waals surface area contributed by atoms with Crippen LogP contribution in [0.3, 0.4) is 0 Å². The molecule has 8 nitrogen and oxygen atoms in total. The summed E-state index contributed by atoms with van der Waals surface area (Å²) >= 11 is 0. The molecule has 0 aliphatic rings. The minimum absolute atomic E-state index is 0.00151. The van der Waals surface area contributed by atoms with Crippen LogP contribution < -0.4 is 0 Å². The predicted octanol–water partition coefficient (Wildman–Crippen LogP) is 0.201. The molecule has 1 aromatic rings. The Balaban J connectivity index is 2.31. The van der Waals surface area contributed by atoms with Gasteiger partial charge in [0, 0.05) is 24.8 Å². The number of hydrogen-bond donors (Lipinski definition) is 3. The van der Waals surface area contributed by atoms with Crippen LogP contribution in [-0.4, -0.2) is 45.3 Å². The maximum Gasteiger partial charge on any atom is 0.269 e. The second-order valence-corrected chi connectivity index (χ2v) is 4.04. The Kier molecular flexibility index (Phi) is 6.57. The zero-order valence-electron chi connectivity index (χ0n) is 10.6. The number of nitro benzene ring substituents is 1. The maximum absolute atomic E-state index is 10.4. The molecule has 0 saturated heterocycles. The molecule has 0 unspecified atom stereocenters. The third kappa shape index (κ3) is 5.31. The van der Waals surface area contributed by atoms with Gasteiger partial charge in [-0.2, -0.15) is 0 Å². The fraction of sp³-hybridized carbons (Fsp3) is 0.417. The number of nitro groups is 1. The van der Waals surface area contributed by atoms with Crippen molar-refractivity contribution < 1.29 is 25.1 Å². The van der Waals surface area contributed by atoms with Crippen molar-refractivity contribution in [3.05, 3.63) is 39.9 Å². The third-order valence-corrected chi connectivity index (χ3v) is 2.51. The van der Waals surface area contributed by atoms with Crippen LogP contribution in [0.25, 0.3) is 0 Å². The van der Waals surface area contributed by atoms with Gasteiger partial charge in [-0.05, 0) is 17.7 Å². The zero-order chi connectivity index (χ0) is 15.0. The fourth-order valence-corrected chi connectivity index (χ4v) is 1.31. The van der Waals surface area contributed by atoms with E-state index in [0.717, 1.165) is 0 Å². The summed E-state index contributed by atoms with van der Waals surface area (Å²) < 4.78 is 0. The SMILES string of the molecule is O=[N+]([O-])c1ccc(CON=CC[C@H](O)[C@H](O)CO)cc1. The van der Waals surface area contributed by atoms with E-state index < -0.39 is 23.7 Å². The molecule has 1 rings (SSSR count). The number of non-ortho nitro benzene ring substituents is 1. The second kappa shape index (κ2) is 8.20. The van der Waals surface area contributed by atoms with Gasteiger partial charge in [-0.3, -0.25) is 10.1 Å². The minimum Gasteiger partial charge on any atom is -0.394 e. The number of nitrogens with zero attached hydrogens (tertiary/aromatic N) is 2. The average Bonchev–Trinajstić information content (AvgIpc) is 2.46. The molecule has 3 N–H and O–H groups in total. The highest BCUT2D eigenvalue weighted by Gasteiger charge is 2.13. The predicted molar refractivity (Wildman–Crippen MR) is 70.1 cm³/mol. The van der Waals surface area contributed by atoms with E-state index in [9.17, 15) is 15.2 Å². The summed E-state index contributed by atoms with van der Waals surface area (Å²) in [5.74, 6) is 0. The summed E-state index contributed by atoms with van der Waals surface area (Å²) in [7, 11) is 0. The van der Waals surface area contributed by atoms with Gasteiger partial charge in [0.2, 0.25) is 0 Å². The summed E-state index contributed by atoms with van der Waals surface area (Å²) in [6, 6.07) is 5.84. The van der Waals surface area contributed by atoms with Crippen molar-refractivity contribution in [2.75, 3.05) is 6.61 Å². The number of rotatable bonds is 8. The largest absolute Gasteiger partial charge is 0.394 e. The molecule has 0 amide bonds. The van der Waals surface area contributed by atoms with Gasteiger partial charge in [-0.1, -0.05) is 5.16 Å². The third-order valence-electron chi connectivity index (χ3n) is 2.51. The number of aliphatic hydroxyl groups excluding tert-OH is 3. The lowest BCUT2D eigenvalue weighted by Gasteiger charge is -2.12. The molecule has 20 heavy (non-hydrogen) atoms. The lowest BCUT2D eigenvalue weighted by atomic mass is 10.2. The van der Waals surface area contributed by atoms with Gasteiger partial charge in [0.1, 0.15) is 12.7 Å². The van der Waals surface area contributed by atoms with E-state index in [-0.39, 0.29) is 18.7 Å². The van der Waals surface area contributed by atoms with Crippen molar-refractivity contribution in [1.29, 1.82) is 0 Å². The van der Waals surface area contributed by atoms with Crippen LogP contribution in [-0.2, 0) is 11.4 Å². The van der Waals surface area contributed by atoms with Crippen LogP contribution in [0.15, 0.2) is 29.4 Å². The van der Waals surface area contributed by atoms with Crippen LogP contribution >= 0.6 is 0 Å². The Bertz CT molecular complexity index is 448. The van der Waals surface area contributed by atoms with Gasteiger partial charge in [0.25, 0.3) is 5.69 Å². The van der Waals surface area contributed by atoms with Crippen LogP contribution in [0.2, 0.25) is 0 Å². The smallest absolute Gasteiger partial charge is 0.269 e. The van der Waals surface area contributed by atoms with Crippen LogP contribution in [0, 0.1) is 10.1 Å². The average molecular weight is 284 g/mol. The van der Waals surface area contributed by atoms with Gasteiger partial charge < -0.3 is 20.2 Å². The molecular weight excluding hydrogens is 268 g/mol. The highest BCUT2D eigenvalue weighted by molar-refractivity contribution is 5.57. The lowest BCUT2D eigenvalue weighted by Crippen LogP contribution is -2.29. The molecule has 0 saturated carbocycles. The molecule has 2 atom stereocenters. The van der Waals surface area contributed by atoms with Crippen LogP contribution in [0.5, 0.6) is 0 Å². The number of oxime groups is 1. The molecule has 1 aromatic carbocycles. The van der Waals surface area contributed by atoms with Gasteiger partial charge in [0.05, 0.1) is 17.6 Å². The van der Waals surface area contributed by atoms with E-state index in [0.29, 0.717) is 5.56 Å². The quantitative estimate of drug-likeness (QED) is 0.356. The Morgan fingerprint density at radius 3 is 2.50 bits per heavy atom. The molecule has 8 heteroatoms. The Morgan fingerprint density at radius 2 is 1.95 bits per heavy atom. The van der Waals surface area contributed by atoms with E-state index >= 15 is 0 Å². The van der Waals surface area contributed by atoms with E-state index in [4.69, 9.17) is 15.1 Å². The molecular formula is C12H16N2O6. The molecule has 0 aliphatic carbocycles. The fourth-order valence-electron chi connectivity index (χ4n) is 1.31. The van der Waals surface area contributed by atoms with Crippen molar-refractivity contribution >= 4 is 11.9 Å². The standard InChI is InChI=1S/C12H16N2O6/c15-7-12(17)11(16)5-6-13-20-8-9-1-3-10(4-2-9)14(18)19/h1-4,6,11-12,15-17H,5,7-8H2/t11-,12+/m0/s1. The first kappa shape index (κ1) is 16.0. The zero-order valence-corrected chi connectivity index (χ0v) is 10.6. The van der Waals surface area contributed by atoms with E-state index in [1.807, 2.05) is 0 Å². The highest BCUT2D eigenvalue weighted by atomic mass is 16.6. The van der Waals surface area contributed by atoms with Crippen LogP contribution in [0.1, 0.15) is 12.0 Å². The summed E-state index contributed by atoms with van der Waals surface area (Å²) in [4.78, 5) is 14.9. The molecule has 0 fully saturated rings. The molecule has 0 aromatic heterocycles. The molecule has 0 radical (unpaired) electrons. The minimum atomic E-state index is -1.21. The Morgan fingerprint density at radius 1 is 1.30 bits per heavy atom. The summed E-state index contributed by atoms with van der Waals surface area (Å²) in [5, 5.41) is 41.0. The van der Waals surface area contributed by atoms with E-state index in [1.54, 1.807) is 12.1 Å². The molecule has 0 spiro atoms. The van der Waals surface area contributed by atoms with Gasteiger partial charge in [-0.15, -0.1) is 0 Å². The van der Waals surface area contributed by atoms with E-state index in [2.05, 4.69) is 5.16 Å². The first-order valence-electron chi connectivity index (χ1n) is 5.88. The summed E-state index contributed by atoms with van der Waals surface area (Å²) in [6.45, 7) is -0.397. The highest BCUT2D eigenvalue weighted by Crippen LogP contribution is 2.12. The molecule has 0 aliphatic heterocycles. The monoisotopic (exact) mass is 284 g/mol. The Labute approximate surface area is 115 Å². The van der Waals surface area contributed by atoms with Crippen molar-refractivity contribution in [1.82, 2.24) is 0 Å². The number of aliphatic hydroxyl groups is 3. The second-order valence-electron chi connectivity index (χ2n) is 4.04.